The molecule has 1 aliphatic rings. The van der Waals surface area contributed by atoms with E-state index in [0.717, 1.165) is 30.4 Å². The minimum absolute atomic E-state index is 0.386. The summed E-state index contributed by atoms with van der Waals surface area (Å²) in [5.41, 5.74) is 5.76. The van der Waals surface area contributed by atoms with Crippen LogP contribution in [0.2, 0.25) is 0 Å². The molecule has 0 saturated heterocycles. The molecule has 1 saturated carbocycles. The molecule has 0 bridgehead atoms. The topological polar surface area (TPSA) is 64.7 Å². The van der Waals surface area contributed by atoms with Gasteiger partial charge in [-0.25, -0.2) is 4.98 Å². The van der Waals surface area contributed by atoms with E-state index in [-0.39, 0.29) is 0 Å². The summed E-state index contributed by atoms with van der Waals surface area (Å²) in [6.45, 7) is 4.45. The normalized spacial score (nSPS) is 24.8. The number of aromatic nitrogens is 3. The van der Waals surface area contributed by atoms with Crippen LogP contribution in [0.25, 0.3) is 0 Å². The number of aryl methyl sites for hydroxylation is 1. The highest BCUT2D eigenvalue weighted by atomic mass is 15.1. The molecule has 0 aromatic carbocycles. The van der Waals surface area contributed by atoms with E-state index >= 15 is 0 Å². The molecular weight excluding hydrogens is 212 g/mol. The molecule has 1 aliphatic carbocycles. The summed E-state index contributed by atoms with van der Waals surface area (Å²) < 4.78 is 0. The maximum Gasteiger partial charge on any atom is 0.223 e. The standard InChI is InChI=1S/C13H22N4/c1-3-4-11-15-12(17-13(14)16-11)10-7-5-9(2)6-8-10/h9-10H,3-8H2,1-2H3,(H2,14,15,16,17). The largest absolute Gasteiger partial charge is 0.368 e. The van der Waals surface area contributed by atoms with Crippen molar-refractivity contribution in [3.8, 4) is 0 Å². The Morgan fingerprint density at radius 1 is 1.12 bits per heavy atom. The van der Waals surface area contributed by atoms with Gasteiger partial charge in [0.05, 0.1) is 0 Å². The number of nitrogens with two attached hydrogens (primary N) is 1. The van der Waals surface area contributed by atoms with Gasteiger partial charge in [-0.3, -0.25) is 0 Å². The smallest absolute Gasteiger partial charge is 0.223 e. The molecule has 0 atom stereocenters. The second-order valence-corrected chi connectivity index (χ2v) is 5.17. The van der Waals surface area contributed by atoms with Crippen molar-refractivity contribution < 1.29 is 0 Å². The van der Waals surface area contributed by atoms with Crippen LogP contribution in [-0.2, 0) is 6.42 Å². The molecule has 0 spiro atoms. The number of nitrogens with zero attached hydrogens (tertiary/aromatic N) is 3. The van der Waals surface area contributed by atoms with Gasteiger partial charge in [-0.2, -0.15) is 9.97 Å². The lowest BCUT2D eigenvalue weighted by molar-refractivity contribution is 0.339. The van der Waals surface area contributed by atoms with Crippen LogP contribution < -0.4 is 5.73 Å². The molecule has 1 aromatic rings. The van der Waals surface area contributed by atoms with Crippen LogP contribution in [0.3, 0.4) is 0 Å². The summed E-state index contributed by atoms with van der Waals surface area (Å²) in [5.74, 6) is 3.51. The van der Waals surface area contributed by atoms with E-state index in [1.807, 2.05) is 0 Å². The van der Waals surface area contributed by atoms with E-state index in [9.17, 15) is 0 Å². The summed E-state index contributed by atoms with van der Waals surface area (Å²) >= 11 is 0. The fourth-order valence-electron chi connectivity index (χ4n) is 2.49. The Morgan fingerprint density at radius 2 is 1.82 bits per heavy atom. The van der Waals surface area contributed by atoms with E-state index in [4.69, 9.17) is 5.73 Å². The van der Waals surface area contributed by atoms with Gasteiger partial charge in [-0.1, -0.05) is 26.7 Å². The van der Waals surface area contributed by atoms with Gasteiger partial charge in [0.15, 0.2) is 0 Å². The van der Waals surface area contributed by atoms with Gasteiger partial charge in [0.2, 0.25) is 5.95 Å². The molecule has 0 unspecified atom stereocenters. The van der Waals surface area contributed by atoms with E-state index < -0.39 is 0 Å². The summed E-state index contributed by atoms with van der Waals surface area (Å²) in [6, 6.07) is 0. The summed E-state index contributed by atoms with van der Waals surface area (Å²) in [5, 5.41) is 0. The second kappa shape index (κ2) is 5.43. The predicted molar refractivity (Wildman–Crippen MR) is 68.6 cm³/mol. The van der Waals surface area contributed by atoms with Gasteiger partial charge in [0, 0.05) is 12.3 Å². The lowest BCUT2D eigenvalue weighted by atomic mass is 9.82. The fraction of sp³-hybridized carbons (Fsp3) is 0.769. The van der Waals surface area contributed by atoms with Gasteiger partial charge < -0.3 is 5.73 Å². The third-order valence-corrected chi connectivity index (χ3v) is 3.57. The molecule has 1 aromatic heterocycles. The average molecular weight is 234 g/mol. The lowest BCUT2D eigenvalue weighted by Gasteiger charge is -2.25. The highest BCUT2D eigenvalue weighted by Gasteiger charge is 2.22. The first kappa shape index (κ1) is 12.3. The third kappa shape index (κ3) is 3.14. The van der Waals surface area contributed by atoms with E-state index in [1.54, 1.807) is 0 Å². The van der Waals surface area contributed by atoms with Crippen LogP contribution >= 0.6 is 0 Å². The zero-order chi connectivity index (χ0) is 12.3. The Balaban J connectivity index is 2.14. The van der Waals surface area contributed by atoms with Crippen LogP contribution in [0, 0.1) is 5.92 Å². The Labute approximate surface area is 103 Å². The molecule has 0 amide bonds. The Morgan fingerprint density at radius 3 is 2.47 bits per heavy atom. The highest BCUT2D eigenvalue weighted by molar-refractivity contribution is 5.18. The third-order valence-electron chi connectivity index (χ3n) is 3.57. The molecule has 94 valence electrons. The van der Waals surface area contributed by atoms with Gasteiger partial charge in [0.25, 0.3) is 0 Å². The van der Waals surface area contributed by atoms with Crippen molar-refractivity contribution in [1.82, 2.24) is 15.0 Å². The Bertz CT molecular complexity index is 370. The van der Waals surface area contributed by atoms with Crippen molar-refractivity contribution in [2.45, 2.75) is 58.3 Å². The number of rotatable bonds is 3. The number of anilines is 1. The molecule has 1 heterocycles. The molecule has 1 fully saturated rings. The first-order valence-electron chi connectivity index (χ1n) is 6.69. The molecule has 4 nitrogen and oxygen atoms in total. The molecule has 2 N–H and O–H groups in total. The van der Waals surface area contributed by atoms with Crippen LogP contribution in [0.15, 0.2) is 0 Å². The van der Waals surface area contributed by atoms with E-state index in [0.29, 0.717) is 11.9 Å². The van der Waals surface area contributed by atoms with Crippen molar-refractivity contribution in [3.63, 3.8) is 0 Å². The fourth-order valence-corrected chi connectivity index (χ4v) is 2.49. The Kier molecular flexibility index (Phi) is 3.92. The minimum Gasteiger partial charge on any atom is -0.368 e. The highest BCUT2D eigenvalue weighted by Crippen LogP contribution is 2.33. The number of nitrogen functional groups attached to an aromatic ring is 1. The molecule has 0 radical (unpaired) electrons. The maximum absolute atomic E-state index is 5.76. The maximum atomic E-state index is 5.76. The first-order valence-corrected chi connectivity index (χ1v) is 6.69. The van der Waals surface area contributed by atoms with Gasteiger partial charge in [-0.15, -0.1) is 0 Å². The zero-order valence-electron chi connectivity index (χ0n) is 10.8. The zero-order valence-corrected chi connectivity index (χ0v) is 10.8. The summed E-state index contributed by atoms with van der Waals surface area (Å²) in [4.78, 5) is 13.1. The molecule has 4 heteroatoms. The van der Waals surface area contributed by atoms with Crippen LogP contribution in [0.1, 0.15) is 63.5 Å². The van der Waals surface area contributed by atoms with Crippen molar-refractivity contribution in [1.29, 1.82) is 0 Å². The molecule has 0 aliphatic heterocycles. The van der Waals surface area contributed by atoms with Gasteiger partial charge in [-0.05, 0) is 25.2 Å². The summed E-state index contributed by atoms with van der Waals surface area (Å²) in [6.07, 6.45) is 6.87. The second-order valence-electron chi connectivity index (χ2n) is 5.17. The van der Waals surface area contributed by atoms with Gasteiger partial charge in [0.1, 0.15) is 11.6 Å². The SMILES string of the molecule is CCCc1nc(N)nc(C2CCC(C)CC2)n1. The monoisotopic (exact) mass is 234 g/mol. The number of hydrogen-bond acceptors (Lipinski definition) is 4. The first-order chi connectivity index (χ1) is 8.19. The van der Waals surface area contributed by atoms with Gasteiger partial charge >= 0.3 is 0 Å². The molecule has 2 rings (SSSR count). The minimum atomic E-state index is 0.386. The van der Waals surface area contributed by atoms with Crippen LogP contribution in [-0.4, -0.2) is 15.0 Å². The van der Waals surface area contributed by atoms with Crippen molar-refractivity contribution >= 4 is 5.95 Å². The Hall–Kier alpha value is -1.19. The van der Waals surface area contributed by atoms with Crippen molar-refractivity contribution in [2.24, 2.45) is 5.92 Å². The van der Waals surface area contributed by atoms with E-state index in [1.165, 1.54) is 25.7 Å². The quantitative estimate of drug-likeness (QED) is 0.873. The van der Waals surface area contributed by atoms with Crippen LogP contribution in [0.5, 0.6) is 0 Å². The summed E-state index contributed by atoms with van der Waals surface area (Å²) in [7, 11) is 0. The predicted octanol–water partition coefficient (Wildman–Crippen LogP) is 2.70. The van der Waals surface area contributed by atoms with Crippen LogP contribution in [0.4, 0.5) is 5.95 Å². The van der Waals surface area contributed by atoms with Crippen molar-refractivity contribution in [2.75, 3.05) is 5.73 Å². The molecular formula is C13H22N4. The van der Waals surface area contributed by atoms with Crippen molar-refractivity contribution in [3.05, 3.63) is 11.6 Å². The molecule has 17 heavy (non-hydrogen) atoms. The van der Waals surface area contributed by atoms with E-state index in [2.05, 4.69) is 28.8 Å². The lowest BCUT2D eigenvalue weighted by Crippen LogP contribution is -2.16. The average Bonchev–Trinajstić information content (AvgIpc) is 2.29. The number of hydrogen-bond donors (Lipinski definition) is 1.